The van der Waals surface area contributed by atoms with Crippen LogP contribution >= 0.6 is 0 Å². The molecule has 0 unspecified atom stereocenters. The van der Waals surface area contributed by atoms with E-state index >= 15 is 0 Å². The zero-order valence-corrected chi connectivity index (χ0v) is 13.1. The number of nitrogens with two attached hydrogens (primary N) is 1. The Kier molecular flexibility index (Phi) is 6.49. The maximum Gasteiger partial charge on any atom is 0.223 e. The Bertz CT molecular complexity index is 345. The number of carbonyl (C=O) groups excluding carboxylic acids is 2. The molecule has 5 nitrogen and oxygen atoms in total. The van der Waals surface area contributed by atoms with Crippen LogP contribution < -0.4 is 5.73 Å². The largest absolute Gasteiger partial charge is 0.339 e. The standard InChI is InChI=1S/C16H29N3O2/c17-9-8-16(21)19-12-10-18(11-13-19)15(20)7-6-14-4-2-1-3-5-14/h14H,1-13,17H2. The van der Waals surface area contributed by atoms with Gasteiger partial charge in [0, 0.05) is 45.6 Å². The highest BCUT2D eigenvalue weighted by molar-refractivity contribution is 5.78. The van der Waals surface area contributed by atoms with Crippen LogP contribution in [0.2, 0.25) is 0 Å². The van der Waals surface area contributed by atoms with Gasteiger partial charge in [-0.2, -0.15) is 0 Å². The van der Waals surface area contributed by atoms with E-state index in [-0.39, 0.29) is 11.8 Å². The van der Waals surface area contributed by atoms with Crippen LogP contribution in [-0.2, 0) is 9.59 Å². The Labute approximate surface area is 127 Å². The summed E-state index contributed by atoms with van der Waals surface area (Å²) in [6, 6.07) is 0. The van der Waals surface area contributed by atoms with E-state index in [0.29, 0.717) is 45.6 Å². The summed E-state index contributed by atoms with van der Waals surface area (Å²) >= 11 is 0. The summed E-state index contributed by atoms with van der Waals surface area (Å²) < 4.78 is 0. The van der Waals surface area contributed by atoms with Crippen LogP contribution in [0.4, 0.5) is 0 Å². The van der Waals surface area contributed by atoms with Gasteiger partial charge in [-0.15, -0.1) is 0 Å². The van der Waals surface area contributed by atoms with Crippen molar-refractivity contribution in [3.8, 4) is 0 Å². The summed E-state index contributed by atoms with van der Waals surface area (Å²) in [6.07, 6.45) is 8.77. The molecule has 0 bridgehead atoms. The summed E-state index contributed by atoms with van der Waals surface area (Å²) in [6.45, 7) is 3.08. The molecule has 5 heteroatoms. The monoisotopic (exact) mass is 295 g/mol. The molecule has 21 heavy (non-hydrogen) atoms. The predicted octanol–water partition coefficient (Wildman–Crippen LogP) is 1.37. The second kappa shape index (κ2) is 8.37. The molecule has 120 valence electrons. The number of hydrogen-bond donors (Lipinski definition) is 1. The van der Waals surface area contributed by atoms with Gasteiger partial charge in [0.2, 0.25) is 11.8 Å². The van der Waals surface area contributed by atoms with Gasteiger partial charge in [-0.25, -0.2) is 0 Å². The molecule has 2 fully saturated rings. The molecule has 1 aliphatic carbocycles. The van der Waals surface area contributed by atoms with E-state index in [4.69, 9.17) is 5.73 Å². The van der Waals surface area contributed by atoms with Gasteiger partial charge in [-0.3, -0.25) is 9.59 Å². The Hall–Kier alpha value is -1.10. The molecule has 2 amide bonds. The van der Waals surface area contributed by atoms with E-state index in [1.54, 1.807) is 0 Å². The van der Waals surface area contributed by atoms with Crippen LogP contribution in [0.3, 0.4) is 0 Å². The fraction of sp³-hybridized carbons (Fsp3) is 0.875. The lowest BCUT2D eigenvalue weighted by molar-refractivity contribution is -0.139. The van der Waals surface area contributed by atoms with Gasteiger partial charge in [0.05, 0.1) is 0 Å². The van der Waals surface area contributed by atoms with Gasteiger partial charge < -0.3 is 15.5 Å². The van der Waals surface area contributed by atoms with Gasteiger partial charge in [0.25, 0.3) is 0 Å². The van der Waals surface area contributed by atoms with Crippen LogP contribution in [0.25, 0.3) is 0 Å². The van der Waals surface area contributed by atoms with Crippen LogP contribution in [0.15, 0.2) is 0 Å². The van der Waals surface area contributed by atoms with E-state index in [9.17, 15) is 9.59 Å². The summed E-state index contributed by atoms with van der Waals surface area (Å²) in [4.78, 5) is 27.8. The number of hydrogen-bond acceptors (Lipinski definition) is 3. The molecule has 1 saturated heterocycles. The maximum absolute atomic E-state index is 12.2. The van der Waals surface area contributed by atoms with Gasteiger partial charge in [-0.05, 0) is 12.3 Å². The van der Waals surface area contributed by atoms with Crippen molar-refractivity contribution in [1.82, 2.24) is 9.80 Å². The predicted molar refractivity (Wildman–Crippen MR) is 82.6 cm³/mol. The van der Waals surface area contributed by atoms with Crippen LogP contribution in [0.1, 0.15) is 51.4 Å². The first-order valence-electron chi connectivity index (χ1n) is 8.46. The summed E-state index contributed by atoms with van der Waals surface area (Å²) in [5.41, 5.74) is 5.41. The zero-order chi connectivity index (χ0) is 15.1. The highest BCUT2D eigenvalue weighted by atomic mass is 16.2. The molecule has 2 aliphatic rings. The Morgan fingerprint density at radius 1 is 0.857 bits per heavy atom. The van der Waals surface area contributed by atoms with Gasteiger partial charge >= 0.3 is 0 Å². The number of nitrogens with zero attached hydrogens (tertiary/aromatic N) is 2. The van der Waals surface area contributed by atoms with Gasteiger partial charge in [-0.1, -0.05) is 32.1 Å². The molecule has 2 rings (SSSR count). The van der Waals surface area contributed by atoms with Crippen molar-refractivity contribution >= 4 is 11.8 Å². The molecule has 2 N–H and O–H groups in total. The molecule has 0 spiro atoms. The van der Waals surface area contributed by atoms with E-state index in [0.717, 1.165) is 12.3 Å². The van der Waals surface area contributed by atoms with Crippen molar-refractivity contribution < 1.29 is 9.59 Å². The number of piperazine rings is 1. The maximum atomic E-state index is 12.2. The fourth-order valence-electron chi connectivity index (χ4n) is 3.45. The lowest BCUT2D eigenvalue weighted by Crippen LogP contribution is -2.50. The van der Waals surface area contributed by atoms with Crippen LogP contribution in [0, 0.1) is 5.92 Å². The van der Waals surface area contributed by atoms with Crippen molar-refractivity contribution in [1.29, 1.82) is 0 Å². The van der Waals surface area contributed by atoms with Crippen molar-refractivity contribution in [2.75, 3.05) is 32.7 Å². The SMILES string of the molecule is NCCC(=O)N1CCN(C(=O)CCC2CCCCC2)CC1. The summed E-state index contributed by atoms with van der Waals surface area (Å²) in [7, 11) is 0. The Balaban J connectivity index is 1.66. The second-order valence-corrected chi connectivity index (χ2v) is 6.34. The third-order valence-electron chi connectivity index (χ3n) is 4.83. The lowest BCUT2D eigenvalue weighted by atomic mass is 9.86. The molecule has 0 aromatic heterocycles. The van der Waals surface area contributed by atoms with Crippen LogP contribution in [-0.4, -0.2) is 54.3 Å². The topological polar surface area (TPSA) is 66.6 Å². The first-order chi connectivity index (χ1) is 10.2. The molecule has 1 saturated carbocycles. The van der Waals surface area contributed by atoms with E-state index in [1.807, 2.05) is 9.80 Å². The second-order valence-electron chi connectivity index (χ2n) is 6.34. The van der Waals surface area contributed by atoms with Gasteiger partial charge in [0.15, 0.2) is 0 Å². The van der Waals surface area contributed by atoms with Crippen molar-refractivity contribution in [2.45, 2.75) is 51.4 Å². The molecule has 1 aliphatic heterocycles. The first kappa shape index (κ1) is 16.3. The van der Waals surface area contributed by atoms with Crippen molar-refractivity contribution in [3.05, 3.63) is 0 Å². The first-order valence-corrected chi connectivity index (χ1v) is 8.46. The van der Waals surface area contributed by atoms with E-state index in [1.165, 1.54) is 32.1 Å². The highest BCUT2D eigenvalue weighted by Crippen LogP contribution is 2.27. The third kappa shape index (κ3) is 4.99. The lowest BCUT2D eigenvalue weighted by Gasteiger charge is -2.35. The average Bonchev–Trinajstić information content (AvgIpc) is 2.54. The minimum absolute atomic E-state index is 0.117. The van der Waals surface area contributed by atoms with Crippen molar-refractivity contribution in [2.24, 2.45) is 11.7 Å². The third-order valence-corrected chi connectivity index (χ3v) is 4.83. The zero-order valence-electron chi connectivity index (χ0n) is 13.1. The van der Waals surface area contributed by atoms with E-state index < -0.39 is 0 Å². The van der Waals surface area contributed by atoms with Crippen LogP contribution in [0.5, 0.6) is 0 Å². The Morgan fingerprint density at radius 2 is 1.38 bits per heavy atom. The fourth-order valence-corrected chi connectivity index (χ4v) is 3.45. The average molecular weight is 295 g/mol. The molecular formula is C16H29N3O2. The molecule has 0 aromatic carbocycles. The molecule has 0 atom stereocenters. The number of rotatable bonds is 5. The summed E-state index contributed by atoms with van der Waals surface area (Å²) in [5, 5.41) is 0. The van der Waals surface area contributed by atoms with Gasteiger partial charge in [0.1, 0.15) is 0 Å². The van der Waals surface area contributed by atoms with E-state index in [2.05, 4.69) is 0 Å². The minimum atomic E-state index is 0.117. The molecular weight excluding hydrogens is 266 g/mol. The van der Waals surface area contributed by atoms with Crippen molar-refractivity contribution in [3.63, 3.8) is 0 Å². The molecule has 0 aromatic rings. The summed E-state index contributed by atoms with van der Waals surface area (Å²) in [5.74, 6) is 1.15. The minimum Gasteiger partial charge on any atom is -0.339 e. The molecule has 1 heterocycles. The number of carbonyl (C=O) groups is 2. The normalized spacial score (nSPS) is 20.6. The Morgan fingerprint density at radius 3 is 1.90 bits per heavy atom. The highest BCUT2D eigenvalue weighted by Gasteiger charge is 2.24. The number of amides is 2. The molecule has 0 radical (unpaired) electrons. The smallest absolute Gasteiger partial charge is 0.223 e. The quantitative estimate of drug-likeness (QED) is 0.833.